The van der Waals surface area contributed by atoms with Crippen molar-refractivity contribution < 1.29 is 18.3 Å². The summed E-state index contributed by atoms with van der Waals surface area (Å²) in [6.45, 7) is 1.89. The number of rotatable bonds is 5. The molecule has 0 fully saturated rings. The molecule has 0 unspecified atom stereocenters. The van der Waals surface area contributed by atoms with E-state index < -0.39 is 19.0 Å². The van der Waals surface area contributed by atoms with Gasteiger partial charge in [-0.05, 0) is 13.0 Å². The predicted molar refractivity (Wildman–Crippen MR) is 84.5 cm³/mol. The Labute approximate surface area is 137 Å². The van der Waals surface area contributed by atoms with Crippen LogP contribution in [-0.4, -0.2) is 34.9 Å². The second-order valence-corrected chi connectivity index (χ2v) is 5.66. The van der Waals surface area contributed by atoms with Crippen LogP contribution in [0.1, 0.15) is 18.4 Å². The lowest BCUT2D eigenvalue weighted by molar-refractivity contribution is 0.122. The molecule has 2 heterocycles. The van der Waals surface area contributed by atoms with Crippen LogP contribution in [0.2, 0.25) is 0 Å². The molecule has 3 rings (SSSR count). The van der Waals surface area contributed by atoms with Gasteiger partial charge in [-0.15, -0.1) is 0 Å². The van der Waals surface area contributed by atoms with Crippen molar-refractivity contribution in [3.05, 3.63) is 42.1 Å². The molecule has 24 heavy (non-hydrogen) atoms. The fourth-order valence-electron chi connectivity index (χ4n) is 2.73. The largest absolute Gasteiger partial charge is 0.493 e. The molecule has 2 N–H and O–H groups in total. The van der Waals surface area contributed by atoms with Crippen molar-refractivity contribution in [3.63, 3.8) is 0 Å². The van der Waals surface area contributed by atoms with Crippen LogP contribution in [0.3, 0.4) is 0 Å². The first-order valence-corrected chi connectivity index (χ1v) is 7.64. The molecule has 0 bridgehead atoms. The van der Waals surface area contributed by atoms with Gasteiger partial charge in [-0.2, -0.15) is 5.10 Å². The Hall–Kier alpha value is -2.64. The van der Waals surface area contributed by atoms with Crippen LogP contribution in [0.25, 0.3) is 0 Å². The summed E-state index contributed by atoms with van der Waals surface area (Å²) in [6.07, 6.45) is -1.10. The van der Waals surface area contributed by atoms with Crippen molar-refractivity contribution in [1.82, 2.24) is 15.1 Å². The quantitative estimate of drug-likeness (QED) is 0.882. The average Bonchev–Trinajstić information content (AvgIpc) is 3.13. The maximum absolute atomic E-state index is 12.3. The molecule has 1 aliphatic heterocycles. The lowest BCUT2D eigenvalue weighted by Gasteiger charge is -2.19. The minimum absolute atomic E-state index is 0.0586. The summed E-state index contributed by atoms with van der Waals surface area (Å²) in [7, 11) is 0. The zero-order valence-corrected chi connectivity index (χ0v) is 13.1. The Morgan fingerprint density at radius 1 is 1.42 bits per heavy atom. The zero-order valence-electron chi connectivity index (χ0n) is 13.1. The van der Waals surface area contributed by atoms with Gasteiger partial charge >= 0.3 is 6.03 Å². The average molecular weight is 336 g/mol. The van der Waals surface area contributed by atoms with E-state index in [0.717, 1.165) is 16.0 Å². The number of alkyl halides is 2. The van der Waals surface area contributed by atoms with E-state index in [-0.39, 0.29) is 17.8 Å². The number of carbonyl (C=O) groups excluding carboxylic acids is 1. The number of aromatic nitrogens is 2. The predicted octanol–water partition coefficient (Wildman–Crippen LogP) is 2.83. The Bertz CT molecular complexity index is 720. The van der Waals surface area contributed by atoms with E-state index in [4.69, 9.17) is 4.74 Å². The van der Waals surface area contributed by atoms with Gasteiger partial charge in [0.2, 0.25) is 0 Å². The summed E-state index contributed by atoms with van der Waals surface area (Å²) < 4.78 is 31.3. The highest BCUT2D eigenvalue weighted by Crippen LogP contribution is 2.35. The molecule has 1 aromatic heterocycles. The van der Waals surface area contributed by atoms with Crippen molar-refractivity contribution in [1.29, 1.82) is 0 Å². The fraction of sp³-hybridized carbons (Fsp3) is 0.375. The number of hydrogen-bond donors (Lipinski definition) is 2. The van der Waals surface area contributed by atoms with E-state index in [0.29, 0.717) is 6.61 Å². The number of nitrogens with one attached hydrogen (secondary N) is 2. The highest BCUT2D eigenvalue weighted by atomic mass is 19.3. The normalized spacial score (nSPS) is 17.2. The molecular formula is C16H18F2N4O2. The second kappa shape index (κ2) is 6.86. The van der Waals surface area contributed by atoms with Crippen molar-refractivity contribution in [2.75, 3.05) is 11.9 Å². The number of nitrogens with zero attached hydrogens (tertiary/aromatic N) is 2. The summed E-state index contributed by atoms with van der Waals surface area (Å²) in [5.74, 6) is 1.12. The third-order valence-corrected chi connectivity index (χ3v) is 3.91. The Morgan fingerprint density at radius 2 is 2.21 bits per heavy atom. The highest BCUT2D eigenvalue weighted by Gasteiger charge is 2.29. The van der Waals surface area contributed by atoms with Gasteiger partial charge in [0.05, 0.1) is 6.61 Å². The third-order valence-electron chi connectivity index (χ3n) is 3.91. The number of para-hydroxylation sites is 1. The number of fused-ring (bicyclic) bond motifs is 1. The molecule has 2 aromatic rings. The Kier molecular flexibility index (Phi) is 4.64. The van der Waals surface area contributed by atoms with Crippen LogP contribution in [0.4, 0.5) is 19.4 Å². The summed E-state index contributed by atoms with van der Waals surface area (Å²) in [6, 6.07) is 8.60. The SMILES string of the molecule is C[C@@H](NC(=O)Nc1ccn(CC(F)F)n1)[C@@H]1COc2ccccc21. The fourth-order valence-corrected chi connectivity index (χ4v) is 2.73. The molecule has 2 atom stereocenters. The van der Waals surface area contributed by atoms with Gasteiger partial charge in [0, 0.05) is 29.8 Å². The van der Waals surface area contributed by atoms with E-state index in [2.05, 4.69) is 15.7 Å². The third kappa shape index (κ3) is 3.64. The van der Waals surface area contributed by atoms with Crippen molar-refractivity contribution >= 4 is 11.8 Å². The van der Waals surface area contributed by atoms with Gasteiger partial charge in [0.25, 0.3) is 6.43 Å². The van der Waals surface area contributed by atoms with E-state index in [9.17, 15) is 13.6 Å². The zero-order chi connectivity index (χ0) is 17.1. The maximum atomic E-state index is 12.3. The van der Waals surface area contributed by atoms with Crippen LogP contribution in [0, 0.1) is 0 Å². The number of amides is 2. The lowest BCUT2D eigenvalue weighted by Crippen LogP contribution is -2.40. The molecule has 2 amide bonds. The van der Waals surface area contributed by atoms with Gasteiger partial charge in [0.1, 0.15) is 12.3 Å². The first kappa shape index (κ1) is 16.2. The standard InChI is InChI=1S/C16H18F2N4O2/c1-10(12-9-24-13-5-3-2-4-11(12)13)19-16(23)20-15-6-7-22(21-15)8-14(17)18/h2-7,10,12,14H,8-9H2,1H3,(H2,19,20,21,23)/t10-,12+/m1/s1. The molecule has 6 nitrogen and oxygen atoms in total. The van der Waals surface area contributed by atoms with E-state index in [1.165, 1.54) is 12.3 Å². The molecular weight excluding hydrogens is 318 g/mol. The number of urea groups is 1. The second-order valence-electron chi connectivity index (χ2n) is 5.66. The maximum Gasteiger partial charge on any atom is 0.320 e. The lowest BCUT2D eigenvalue weighted by atomic mass is 9.94. The van der Waals surface area contributed by atoms with Gasteiger partial charge in [-0.25, -0.2) is 13.6 Å². The Balaban J connectivity index is 1.56. The van der Waals surface area contributed by atoms with Gasteiger partial charge in [-0.1, -0.05) is 18.2 Å². The molecule has 0 aliphatic carbocycles. The number of carbonyl (C=O) groups is 1. The molecule has 8 heteroatoms. The first-order valence-electron chi connectivity index (χ1n) is 7.64. The number of halogens is 2. The number of hydrogen-bond acceptors (Lipinski definition) is 3. The van der Waals surface area contributed by atoms with Gasteiger partial charge in [-0.3, -0.25) is 10.00 Å². The van der Waals surface area contributed by atoms with E-state index in [1.807, 2.05) is 31.2 Å². The first-order chi connectivity index (χ1) is 11.5. The monoisotopic (exact) mass is 336 g/mol. The van der Waals surface area contributed by atoms with Crippen molar-refractivity contribution in [3.8, 4) is 5.75 Å². The van der Waals surface area contributed by atoms with Crippen LogP contribution in [0.5, 0.6) is 5.75 Å². The summed E-state index contributed by atoms with van der Waals surface area (Å²) in [5.41, 5.74) is 1.06. The van der Waals surface area contributed by atoms with Crippen LogP contribution >= 0.6 is 0 Å². The molecule has 1 aromatic carbocycles. The number of anilines is 1. The topological polar surface area (TPSA) is 68.2 Å². The molecule has 128 valence electrons. The molecule has 0 saturated heterocycles. The van der Waals surface area contributed by atoms with E-state index in [1.54, 1.807) is 0 Å². The summed E-state index contributed by atoms with van der Waals surface area (Å²) in [4.78, 5) is 12.1. The molecule has 0 spiro atoms. The highest BCUT2D eigenvalue weighted by molar-refractivity contribution is 5.88. The Morgan fingerprint density at radius 3 is 3.00 bits per heavy atom. The van der Waals surface area contributed by atoms with Crippen LogP contribution < -0.4 is 15.4 Å². The van der Waals surface area contributed by atoms with E-state index >= 15 is 0 Å². The molecule has 0 radical (unpaired) electrons. The van der Waals surface area contributed by atoms with Gasteiger partial charge in [0.15, 0.2) is 5.82 Å². The molecule has 0 saturated carbocycles. The minimum Gasteiger partial charge on any atom is -0.493 e. The summed E-state index contributed by atoms with van der Waals surface area (Å²) >= 11 is 0. The van der Waals surface area contributed by atoms with Crippen LogP contribution in [-0.2, 0) is 6.54 Å². The number of benzene rings is 1. The molecule has 1 aliphatic rings. The minimum atomic E-state index is -2.49. The van der Waals surface area contributed by atoms with Gasteiger partial charge < -0.3 is 10.1 Å². The number of ether oxygens (including phenoxy) is 1. The smallest absolute Gasteiger partial charge is 0.320 e. The van der Waals surface area contributed by atoms with Crippen molar-refractivity contribution in [2.45, 2.75) is 31.9 Å². The van der Waals surface area contributed by atoms with Crippen molar-refractivity contribution in [2.24, 2.45) is 0 Å². The summed E-state index contributed by atoms with van der Waals surface area (Å²) in [5, 5.41) is 9.25. The van der Waals surface area contributed by atoms with Crippen LogP contribution in [0.15, 0.2) is 36.5 Å².